The first-order valence-electron chi connectivity index (χ1n) is 8.99. The molecule has 0 unspecified atom stereocenters. The molecule has 1 aliphatic rings. The third-order valence-corrected chi connectivity index (χ3v) is 5.01. The van der Waals surface area contributed by atoms with Gasteiger partial charge in [0.05, 0.1) is 5.41 Å². The minimum Gasteiger partial charge on any atom is -0.427 e. The van der Waals surface area contributed by atoms with Crippen LogP contribution in [0.25, 0.3) is 0 Å². The summed E-state index contributed by atoms with van der Waals surface area (Å²) in [5, 5.41) is 0.491. The van der Waals surface area contributed by atoms with Crippen LogP contribution in [-0.4, -0.2) is 36.8 Å². The van der Waals surface area contributed by atoms with Crippen LogP contribution >= 0.6 is 11.6 Å². The number of rotatable bonds is 8. The molecule has 0 aliphatic heterocycles. The molecule has 2 rings (SSSR count). The minimum absolute atomic E-state index is 0.200. The van der Waals surface area contributed by atoms with Crippen molar-refractivity contribution < 1.29 is 28.7 Å². The maximum Gasteiger partial charge on any atom is 0.343 e. The Balaban J connectivity index is 1.79. The molecule has 8 nitrogen and oxygen atoms in total. The largest absolute Gasteiger partial charge is 0.427 e. The van der Waals surface area contributed by atoms with Gasteiger partial charge in [-0.05, 0) is 51.0 Å². The second-order valence-electron chi connectivity index (χ2n) is 7.22. The Morgan fingerprint density at radius 2 is 1.75 bits per heavy atom. The quantitative estimate of drug-likeness (QED) is 0.382. The van der Waals surface area contributed by atoms with Crippen LogP contribution in [-0.2, 0) is 23.9 Å². The van der Waals surface area contributed by atoms with Crippen LogP contribution in [0.1, 0.15) is 49.9 Å². The molecule has 9 heteroatoms. The average molecular weight is 413 g/mol. The standard InChI is InChI=1S/C19H25ClN2O6/c1-18(2,28-22-15(23)13-5-7-14(20)8-6-13)16(24)26-12-27-17(25)19(11-21)9-3-4-10-19/h5-8H,3-4,9-12,21H2,1-2H3,(H,22,23). The summed E-state index contributed by atoms with van der Waals surface area (Å²) < 4.78 is 10.0. The fourth-order valence-corrected chi connectivity index (χ4v) is 3.01. The van der Waals surface area contributed by atoms with Gasteiger partial charge in [0.25, 0.3) is 5.91 Å². The lowest BCUT2D eigenvalue weighted by Crippen LogP contribution is -2.44. The Morgan fingerprint density at radius 1 is 1.14 bits per heavy atom. The Hall–Kier alpha value is -2.16. The monoisotopic (exact) mass is 412 g/mol. The molecule has 1 aromatic rings. The van der Waals surface area contributed by atoms with Crippen molar-refractivity contribution in [2.75, 3.05) is 13.3 Å². The normalized spacial score (nSPS) is 15.7. The number of ether oxygens (including phenoxy) is 2. The number of nitrogens with two attached hydrogens (primary N) is 1. The number of esters is 2. The number of hydroxylamine groups is 1. The van der Waals surface area contributed by atoms with Crippen molar-refractivity contribution in [1.29, 1.82) is 0 Å². The van der Waals surface area contributed by atoms with E-state index in [2.05, 4.69) is 5.48 Å². The predicted molar refractivity (Wildman–Crippen MR) is 101 cm³/mol. The van der Waals surface area contributed by atoms with Crippen LogP contribution in [0, 0.1) is 5.41 Å². The minimum atomic E-state index is -1.49. The van der Waals surface area contributed by atoms with Crippen LogP contribution in [0.5, 0.6) is 0 Å². The van der Waals surface area contributed by atoms with Gasteiger partial charge in [-0.3, -0.25) is 14.4 Å². The Kier molecular flexibility index (Phi) is 7.40. The van der Waals surface area contributed by atoms with Gasteiger partial charge >= 0.3 is 11.9 Å². The predicted octanol–water partition coefficient (Wildman–Crippen LogP) is 2.34. The maximum atomic E-state index is 12.2. The fourth-order valence-electron chi connectivity index (χ4n) is 2.88. The summed E-state index contributed by atoms with van der Waals surface area (Å²) in [5.41, 5.74) is 6.04. The second kappa shape index (κ2) is 9.36. The molecule has 1 aliphatic carbocycles. The molecular weight excluding hydrogens is 388 g/mol. The van der Waals surface area contributed by atoms with Gasteiger partial charge in [-0.25, -0.2) is 10.3 Å². The molecular formula is C19H25ClN2O6. The number of carbonyl (C=O) groups excluding carboxylic acids is 3. The summed E-state index contributed by atoms with van der Waals surface area (Å²) in [7, 11) is 0. The van der Waals surface area contributed by atoms with E-state index >= 15 is 0 Å². The molecule has 0 aromatic heterocycles. The SMILES string of the molecule is CC(C)(ONC(=O)c1ccc(Cl)cc1)C(=O)OCOC(=O)C1(CN)CCCC1. The summed E-state index contributed by atoms with van der Waals surface area (Å²) in [5.74, 6) is -1.81. The van der Waals surface area contributed by atoms with Crippen LogP contribution in [0.3, 0.4) is 0 Å². The van der Waals surface area contributed by atoms with Crippen molar-refractivity contribution in [1.82, 2.24) is 5.48 Å². The molecule has 28 heavy (non-hydrogen) atoms. The molecule has 0 saturated heterocycles. The van der Waals surface area contributed by atoms with E-state index in [1.165, 1.54) is 26.0 Å². The van der Waals surface area contributed by atoms with Crippen LogP contribution in [0.15, 0.2) is 24.3 Å². The van der Waals surface area contributed by atoms with Crippen molar-refractivity contribution in [3.8, 4) is 0 Å². The highest BCUT2D eigenvalue weighted by molar-refractivity contribution is 6.30. The molecule has 0 heterocycles. The maximum absolute atomic E-state index is 12.2. The van der Waals surface area contributed by atoms with Gasteiger partial charge in [-0.2, -0.15) is 0 Å². The molecule has 1 amide bonds. The summed E-state index contributed by atoms with van der Waals surface area (Å²) >= 11 is 5.77. The summed E-state index contributed by atoms with van der Waals surface area (Å²) in [4.78, 5) is 41.6. The molecule has 1 fully saturated rings. The second-order valence-corrected chi connectivity index (χ2v) is 7.66. The van der Waals surface area contributed by atoms with E-state index in [4.69, 9.17) is 31.6 Å². The summed E-state index contributed by atoms with van der Waals surface area (Å²) in [6.07, 6.45) is 3.17. The zero-order valence-electron chi connectivity index (χ0n) is 16.0. The highest BCUT2D eigenvalue weighted by atomic mass is 35.5. The molecule has 0 atom stereocenters. The van der Waals surface area contributed by atoms with E-state index in [0.29, 0.717) is 23.4 Å². The molecule has 0 bridgehead atoms. The van der Waals surface area contributed by atoms with E-state index in [1.807, 2.05) is 0 Å². The van der Waals surface area contributed by atoms with Crippen molar-refractivity contribution in [2.24, 2.45) is 11.1 Å². The molecule has 0 spiro atoms. The van der Waals surface area contributed by atoms with Gasteiger partial charge < -0.3 is 15.2 Å². The third-order valence-electron chi connectivity index (χ3n) is 4.76. The van der Waals surface area contributed by atoms with Gasteiger partial charge in [-0.1, -0.05) is 24.4 Å². The Bertz CT molecular complexity index is 714. The van der Waals surface area contributed by atoms with Gasteiger partial charge in [0.2, 0.25) is 6.79 Å². The number of hydrogen-bond acceptors (Lipinski definition) is 7. The number of halogens is 1. The lowest BCUT2D eigenvalue weighted by molar-refractivity contribution is -0.191. The van der Waals surface area contributed by atoms with E-state index in [-0.39, 0.29) is 6.54 Å². The number of amides is 1. The van der Waals surface area contributed by atoms with E-state index < -0.39 is 35.7 Å². The van der Waals surface area contributed by atoms with Gasteiger partial charge in [0.1, 0.15) is 0 Å². The fraction of sp³-hybridized carbons (Fsp3) is 0.526. The number of hydrogen-bond donors (Lipinski definition) is 2. The zero-order chi connectivity index (χ0) is 20.8. The summed E-state index contributed by atoms with van der Waals surface area (Å²) in [6.45, 7) is 2.48. The first kappa shape index (κ1) is 22.1. The van der Waals surface area contributed by atoms with Crippen molar-refractivity contribution in [2.45, 2.75) is 45.1 Å². The van der Waals surface area contributed by atoms with Gasteiger partial charge in [-0.15, -0.1) is 0 Å². The van der Waals surface area contributed by atoms with Crippen molar-refractivity contribution >= 4 is 29.4 Å². The molecule has 1 aromatic carbocycles. The van der Waals surface area contributed by atoms with Crippen LogP contribution in [0.2, 0.25) is 5.02 Å². The van der Waals surface area contributed by atoms with Crippen LogP contribution in [0.4, 0.5) is 0 Å². The average Bonchev–Trinajstić information content (AvgIpc) is 3.17. The molecule has 0 radical (unpaired) electrons. The number of nitrogens with one attached hydrogen (secondary N) is 1. The molecule has 3 N–H and O–H groups in total. The first-order chi connectivity index (χ1) is 13.2. The Labute approximate surface area is 168 Å². The Morgan fingerprint density at radius 3 is 2.32 bits per heavy atom. The summed E-state index contributed by atoms with van der Waals surface area (Å²) in [6, 6.07) is 6.15. The van der Waals surface area contributed by atoms with Crippen LogP contribution < -0.4 is 11.2 Å². The first-order valence-corrected chi connectivity index (χ1v) is 9.36. The van der Waals surface area contributed by atoms with E-state index in [1.54, 1.807) is 12.1 Å². The van der Waals surface area contributed by atoms with E-state index in [9.17, 15) is 14.4 Å². The van der Waals surface area contributed by atoms with Crippen molar-refractivity contribution in [3.63, 3.8) is 0 Å². The zero-order valence-corrected chi connectivity index (χ0v) is 16.7. The smallest absolute Gasteiger partial charge is 0.343 e. The van der Waals surface area contributed by atoms with Gasteiger partial charge in [0.15, 0.2) is 5.60 Å². The van der Waals surface area contributed by atoms with Gasteiger partial charge in [0, 0.05) is 17.1 Å². The number of carbonyl (C=O) groups is 3. The number of benzene rings is 1. The highest BCUT2D eigenvalue weighted by Crippen LogP contribution is 2.38. The molecule has 154 valence electrons. The van der Waals surface area contributed by atoms with E-state index in [0.717, 1.165) is 12.8 Å². The third kappa shape index (κ3) is 5.43. The lowest BCUT2D eigenvalue weighted by Gasteiger charge is -2.25. The highest BCUT2D eigenvalue weighted by Gasteiger charge is 2.41. The molecule has 1 saturated carbocycles. The topological polar surface area (TPSA) is 117 Å². The van der Waals surface area contributed by atoms with Crippen molar-refractivity contribution in [3.05, 3.63) is 34.9 Å². The lowest BCUT2D eigenvalue weighted by atomic mass is 9.86.